The van der Waals surface area contributed by atoms with Gasteiger partial charge in [0, 0.05) is 24.6 Å². The number of carbonyl (C=O) groups excluding carboxylic acids is 3. The molecule has 27 heavy (non-hydrogen) atoms. The number of anilines is 1. The number of carbonyl (C=O) groups is 3. The Balaban J connectivity index is 1.80. The average Bonchev–Trinajstić information content (AvgIpc) is 3.21. The van der Waals surface area contributed by atoms with Crippen LogP contribution in [0, 0.1) is 0 Å². The fourth-order valence-electron chi connectivity index (χ4n) is 4.22. The van der Waals surface area contributed by atoms with Gasteiger partial charge < -0.3 is 21.3 Å². The lowest BCUT2D eigenvalue weighted by molar-refractivity contribution is -0.132. The molecule has 2 aliphatic rings. The second kappa shape index (κ2) is 6.39. The zero-order valence-corrected chi connectivity index (χ0v) is 14.5. The third-order valence-electron chi connectivity index (χ3n) is 5.32. The number of primary amides is 1. The standard InChI is InChI=1S/C19H19N5O3/c20-18(27)22-11-15(25)24-9-7-19(16(24)12-4-3-8-21-10-12)13-5-1-2-6-14(13)23-17(19)26/h1-6,8,10,16H,7,9,11H2,(H,23,26)(H3,20,22,27). The van der Waals surface area contributed by atoms with Crippen LogP contribution in [0.4, 0.5) is 10.5 Å². The van der Waals surface area contributed by atoms with E-state index in [1.54, 1.807) is 23.4 Å². The monoisotopic (exact) mass is 365 g/mol. The fraction of sp³-hybridized carbons (Fsp3) is 0.263. The Hall–Kier alpha value is -3.42. The zero-order chi connectivity index (χ0) is 19.0. The van der Waals surface area contributed by atoms with E-state index >= 15 is 0 Å². The van der Waals surface area contributed by atoms with Crippen LogP contribution in [0.2, 0.25) is 0 Å². The molecule has 4 N–H and O–H groups in total. The first-order valence-corrected chi connectivity index (χ1v) is 8.67. The molecule has 1 fully saturated rings. The number of fused-ring (bicyclic) bond motifs is 2. The number of nitrogens with two attached hydrogens (primary N) is 1. The highest BCUT2D eigenvalue weighted by molar-refractivity contribution is 6.07. The minimum atomic E-state index is -0.887. The normalized spacial score (nSPS) is 23.2. The minimum absolute atomic E-state index is 0.129. The van der Waals surface area contributed by atoms with E-state index in [0.717, 1.165) is 16.8 Å². The van der Waals surface area contributed by atoms with Crippen LogP contribution in [0.1, 0.15) is 23.6 Å². The highest BCUT2D eigenvalue weighted by atomic mass is 16.2. The van der Waals surface area contributed by atoms with Crippen molar-refractivity contribution in [3.63, 3.8) is 0 Å². The summed E-state index contributed by atoms with van der Waals surface area (Å²) in [6.45, 7) is 0.173. The van der Waals surface area contributed by atoms with Gasteiger partial charge in [-0.2, -0.15) is 0 Å². The predicted octanol–water partition coefficient (Wildman–Crippen LogP) is 0.913. The Kier molecular flexibility index (Phi) is 4.02. The summed E-state index contributed by atoms with van der Waals surface area (Å²) in [5, 5.41) is 5.29. The molecule has 2 aliphatic heterocycles. The van der Waals surface area contributed by atoms with E-state index < -0.39 is 17.5 Å². The lowest BCUT2D eigenvalue weighted by atomic mass is 9.73. The number of benzene rings is 1. The summed E-state index contributed by atoms with van der Waals surface area (Å²) in [4.78, 5) is 42.7. The zero-order valence-electron chi connectivity index (χ0n) is 14.5. The summed E-state index contributed by atoms with van der Waals surface area (Å²) in [6.07, 6.45) is 3.81. The van der Waals surface area contributed by atoms with Crippen molar-refractivity contribution in [3.8, 4) is 0 Å². The van der Waals surface area contributed by atoms with Gasteiger partial charge in [-0.05, 0) is 29.7 Å². The van der Waals surface area contributed by atoms with Crippen LogP contribution in [0.25, 0.3) is 0 Å². The molecule has 2 atom stereocenters. The maximum absolute atomic E-state index is 13.1. The molecule has 8 heteroatoms. The number of rotatable bonds is 3. The largest absolute Gasteiger partial charge is 0.352 e. The van der Waals surface area contributed by atoms with Gasteiger partial charge in [-0.1, -0.05) is 24.3 Å². The van der Waals surface area contributed by atoms with Crippen LogP contribution in [-0.2, 0) is 15.0 Å². The molecule has 2 aromatic rings. The first-order chi connectivity index (χ1) is 13.0. The summed E-state index contributed by atoms with van der Waals surface area (Å²) in [5.41, 5.74) is 6.62. The third kappa shape index (κ3) is 2.61. The molecule has 4 amide bonds. The highest BCUT2D eigenvalue weighted by Crippen LogP contribution is 2.54. The fourth-order valence-corrected chi connectivity index (χ4v) is 4.22. The topological polar surface area (TPSA) is 117 Å². The van der Waals surface area contributed by atoms with Crippen LogP contribution in [0.3, 0.4) is 0 Å². The second-order valence-electron chi connectivity index (χ2n) is 6.71. The molecule has 4 rings (SSSR count). The molecule has 0 bridgehead atoms. The van der Waals surface area contributed by atoms with E-state index in [2.05, 4.69) is 15.6 Å². The number of urea groups is 1. The van der Waals surface area contributed by atoms with Gasteiger partial charge in [0.2, 0.25) is 11.8 Å². The maximum atomic E-state index is 13.1. The maximum Gasteiger partial charge on any atom is 0.312 e. The lowest BCUT2D eigenvalue weighted by Gasteiger charge is -2.34. The van der Waals surface area contributed by atoms with Gasteiger partial charge in [-0.15, -0.1) is 0 Å². The minimum Gasteiger partial charge on any atom is -0.352 e. The Bertz CT molecular complexity index is 917. The number of likely N-dealkylation sites (tertiary alicyclic amines) is 1. The first kappa shape index (κ1) is 17.0. The number of nitrogens with zero attached hydrogens (tertiary/aromatic N) is 2. The van der Waals surface area contributed by atoms with Gasteiger partial charge in [0.15, 0.2) is 0 Å². The van der Waals surface area contributed by atoms with E-state index in [9.17, 15) is 14.4 Å². The molecule has 1 aromatic heterocycles. The highest BCUT2D eigenvalue weighted by Gasteiger charge is 2.59. The number of hydrogen-bond acceptors (Lipinski definition) is 4. The Labute approximate surface area is 155 Å². The number of hydrogen-bond donors (Lipinski definition) is 3. The average molecular weight is 365 g/mol. The molecule has 1 aromatic carbocycles. The number of aromatic nitrogens is 1. The Morgan fingerprint density at radius 1 is 1.30 bits per heavy atom. The number of nitrogens with one attached hydrogen (secondary N) is 2. The summed E-state index contributed by atoms with van der Waals surface area (Å²) in [6, 6.07) is 9.90. The number of para-hydroxylation sites is 1. The second-order valence-corrected chi connectivity index (χ2v) is 6.71. The predicted molar refractivity (Wildman–Crippen MR) is 97.6 cm³/mol. The van der Waals surface area contributed by atoms with Gasteiger partial charge in [-0.25, -0.2) is 4.79 Å². The number of amides is 4. The van der Waals surface area contributed by atoms with E-state index in [1.165, 1.54) is 0 Å². The van der Waals surface area contributed by atoms with Gasteiger partial charge in [0.1, 0.15) is 5.41 Å². The smallest absolute Gasteiger partial charge is 0.312 e. The summed E-state index contributed by atoms with van der Waals surface area (Å²) in [5.74, 6) is -0.424. The van der Waals surface area contributed by atoms with E-state index in [0.29, 0.717) is 13.0 Å². The number of pyridine rings is 1. The molecule has 2 unspecified atom stereocenters. The summed E-state index contributed by atoms with van der Waals surface area (Å²) >= 11 is 0. The van der Waals surface area contributed by atoms with Crippen LogP contribution in [0.5, 0.6) is 0 Å². The van der Waals surface area contributed by atoms with Gasteiger partial charge in [0.25, 0.3) is 0 Å². The Morgan fingerprint density at radius 2 is 2.11 bits per heavy atom. The van der Waals surface area contributed by atoms with Crippen molar-refractivity contribution in [3.05, 3.63) is 59.9 Å². The van der Waals surface area contributed by atoms with Crippen molar-refractivity contribution in [1.82, 2.24) is 15.2 Å². The molecular weight excluding hydrogens is 346 g/mol. The van der Waals surface area contributed by atoms with Crippen molar-refractivity contribution in [2.45, 2.75) is 17.9 Å². The molecule has 1 spiro atoms. The van der Waals surface area contributed by atoms with Crippen molar-refractivity contribution >= 4 is 23.5 Å². The quantitative estimate of drug-likeness (QED) is 0.749. The van der Waals surface area contributed by atoms with Crippen molar-refractivity contribution < 1.29 is 14.4 Å². The van der Waals surface area contributed by atoms with Crippen molar-refractivity contribution in [2.24, 2.45) is 5.73 Å². The Morgan fingerprint density at radius 3 is 2.85 bits per heavy atom. The van der Waals surface area contributed by atoms with Gasteiger partial charge >= 0.3 is 6.03 Å². The first-order valence-electron chi connectivity index (χ1n) is 8.67. The molecule has 1 saturated heterocycles. The van der Waals surface area contributed by atoms with Gasteiger partial charge in [0.05, 0.1) is 12.6 Å². The van der Waals surface area contributed by atoms with Crippen molar-refractivity contribution in [1.29, 1.82) is 0 Å². The molecule has 0 radical (unpaired) electrons. The van der Waals surface area contributed by atoms with Gasteiger partial charge in [-0.3, -0.25) is 14.6 Å². The molecule has 3 heterocycles. The summed E-state index contributed by atoms with van der Waals surface area (Å²) < 4.78 is 0. The van der Waals surface area contributed by atoms with E-state index in [-0.39, 0.29) is 18.4 Å². The van der Waals surface area contributed by atoms with E-state index in [1.807, 2.05) is 30.3 Å². The molecule has 0 aliphatic carbocycles. The third-order valence-corrected chi connectivity index (χ3v) is 5.32. The molecular formula is C19H19N5O3. The molecule has 8 nitrogen and oxygen atoms in total. The van der Waals surface area contributed by atoms with Crippen LogP contribution in [-0.4, -0.2) is 40.8 Å². The molecule has 0 saturated carbocycles. The van der Waals surface area contributed by atoms with Crippen LogP contribution in [0.15, 0.2) is 48.8 Å². The molecule has 138 valence electrons. The summed E-state index contributed by atoms with van der Waals surface area (Å²) in [7, 11) is 0. The van der Waals surface area contributed by atoms with Crippen LogP contribution < -0.4 is 16.4 Å². The van der Waals surface area contributed by atoms with Crippen LogP contribution >= 0.6 is 0 Å². The lowest BCUT2D eigenvalue weighted by Crippen LogP contribution is -2.46. The van der Waals surface area contributed by atoms with E-state index in [4.69, 9.17) is 5.73 Å². The SMILES string of the molecule is NC(=O)NCC(=O)N1CCC2(C(=O)Nc3ccccc32)C1c1cccnc1. The van der Waals surface area contributed by atoms with Crippen molar-refractivity contribution in [2.75, 3.05) is 18.4 Å².